The third-order valence-corrected chi connectivity index (χ3v) is 3.77. The number of hydrogen-bond acceptors (Lipinski definition) is 3. The summed E-state index contributed by atoms with van der Waals surface area (Å²) in [6.45, 7) is 2.81. The number of pyridine rings is 1. The maximum absolute atomic E-state index is 13.9. The number of benzene rings is 1. The van der Waals surface area contributed by atoms with Crippen LogP contribution >= 0.6 is 11.6 Å². The van der Waals surface area contributed by atoms with E-state index in [0.29, 0.717) is 29.1 Å². The van der Waals surface area contributed by atoms with E-state index in [4.69, 9.17) is 17.3 Å². The molecule has 2 rings (SSSR count). The predicted molar refractivity (Wildman–Crippen MR) is 84.9 cm³/mol. The molecule has 1 heterocycles. The lowest BCUT2D eigenvalue weighted by atomic mass is 9.98. The van der Waals surface area contributed by atoms with Crippen LogP contribution in [0.4, 0.5) is 10.1 Å². The van der Waals surface area contributed by atoms with Crippen molar-refractivity contribution in [2.45, 2.75) is 25.8 Å². The highest BCUT2D eigenvalue weighted by atomic mass is 35.5. The van der Waals surface area contributed by atoms with Crippen LogP contribution in [0.15, 0.2) is 36.7 Å². The van der Waals surface area contributed by atoms with Crippen molar-refractivity contribution in [2.24, 2.45) is 0 Å². The second-order valence-electron chi connectivity index (χ2n) is 4.94. The van der Waals surface area contributed by atoms with Crippen LogP contribution in [-0.2, 0) is 12.8 Å². The summed E-state index contributed by atoms with van der Waals surface area (Å²) in [4.78, 5) is 4.09. The van der Waals surface area contributed by atoms with E-state index in [1.54, 1.807) is 30.6 Å². The van der Waals surface area contributed by atoms with Gasteiger partial charge in [-0.1, -0.05) is 24.6 Å². The van der Waals surface area contributed by atoms with Gasteiger partial charge in [0.1, 0.15) is 5.82 Å². The molecule has 0 saturated carbocycles. The molecule has 0 saturated heterocycles. The van der Waals surface area contributed by atoms with Gasteiger partial charge in [-0.15, -0.1) is 0 Å². The summed E-state index contributed by atoms with van der Waals surface area (Å²) in [5.74, 6) is -0.274. The van der Waals surface area contributed by atoms with E-state index in [1.807, 2.05) is 6.92 Å². The second-order valence-corrected chi connectivity index (χ2v) is 5.34. The highest BCUT2D eigenvalue weighted by molar-refractivity contribution is 6.31. The molecule has 3 nitrogen and oxygen atoms in total. The Labute approximate surface area is 129 Å². The van der Waals surface area contributed by atoms with Crippen molar-refractivity contribution in [1.82, 2.24) is 10.3 Å². The predicted octanol–water partition coefficient (Wildman–Crippen LogP) is 3.22. The fraction of sp³-hybridized carbons (Fsp3) is 0.312. The van der Waals surface area contributed by atoms with Crippen LogP contribution < -0.4 is 11.1 Å². The summed E-state index contributed by atoms with van der Waals surface area (Å²) in [6, 6.07) is 6.58. The average molecular weight is 308 g/mol. The van der Waals surface area contributed by atoms with E-state index < -0.39 is 0 Å². The molecule has 1 atom stereocenters. The number of likely N-dealkylation sites (N-methyl/N-ethyl adjacent to an activating group) is 1. The summed E-state index contributed by atoms with van der Waals surface area (Å²) in [6.07, 6.45) is 4.60. The molecule has 21 heavy (non-hydrogen) atoms. The van der Waals surface area contributed by atoms with Crippen LogP contribution in [-0.4, -0.2) is 17.6 Å². The molecular formula is C16H19ClFN3. The fourth-order valence-electron chi connectivity index (χ4n) is 2.35. The number of nitrogen functional groups attached to an aromatic ring is 1. The average Bonchev–Trinajstić information content (AvgIpc) is 2.45. The number of rotatable bonds is 6. The first kappa shape index (κ1) is 15.7. The van der Waals surface area contributed by atoms with Crippen molar-refractivity contribution >= 4 is 17.3 Å². The summed E-state index contributed by atoms with van der Waals surface area (Å²) in [5.41, 5.74) is 8.14. The highest BCUT2D eigenvalue weighted by Crippen LogP contribution is 2.22. The molecular weight excluding hydrogens is 289 g/mol. The maximum Gasteiger partial charge on any atom is 0.127 e. The Balaban J connectivity index is 2.18. The molecule has 1 aromatic carbocycles. The Hall–Kier alpha value is -1.65. The molecule has 0 aliphatic heterocycles. The largest absolute Gasteiger partial charge is 0.398 e. The molecule has 2 aromatic rings. The third-order valence-electron chi connectivity index (χ3n) is 3.41. The minimum Gasteiger partial charge on any atom is -0.398 e. The Bertz CT molecular complexity index is 584. The summed E-state index contributed by atoms with van der Waals surface area (Å²) in [5, 5.41) is 3.81. The first-order chi connectivity index (χ1) is 10.1. The topological polar surface area (TPSA) is 50.9 Å². The lowest BCUT2D eigenvalue weighted by Crippen LogP contribution is -2.33. The van der Waals surface area contributed by atoms with Crippen molar-refractivity contribution in [2.75, 3.05) is 12.3 Å². The Kier molecular flexibility index (Phi) is 5.53. The second kappa shape index (κ2) is 7.38. The van der Waals surface area contributed by atoms with Gasteiger partial charge in [-0.3, -0.25) is 4.98 Å². The zero-order valence-electron chi connectivity index (χ0n) is 11.9. The molecule has 0 radical (unpaired) electrons. The van der Waals surface area contributed by atoms with Crippen molar-refractivity contribution in [3.63, 3.8) is 0 Å². The first-order valence-corrected chi connectivity index (χ1v) is 7.34. The van der Waals surface area contributed by atoms with E-state index in [1.165, 1.54) is 6.07 Å². The Morgan fingerprint density at radius 1 is 1.33 bits per heavy atom. The van der Waals surface area contributed by atoms with Crippen LogP contribution in [0.5, 0.6) is 0 Å². The van der Waals surface area contributed by atoms with Gasteiger partial charge in [0.15, 0.2) is 0 Å². The quantitative estimate of drug-likeness (QED) is 0.861. The molecule has 5 heteroatoms. The molecule has 0 bridgehead atoms. The van der Waals surface area contributed by atoms with Gasteiger partial charge in [0, 0.05) is 34.7 Å². The van der Waals surface area contributed by atoms with Crippen molar-refractivity contribution < 1.29 is 4.39 Å². The minimum absolute atomic E-state index is 0.0518. The molecule has 1 aromatic heterocycles. The van der Waals surface area contributed by atoms with Gasteiger partial charge in [0.2, 0.25) is 0 Å². The maximum atomic E-state index is 13.9. The zero-order valence-corrected chi connectivity index (χ0v) is 12.7. The van der Waals surface area contributed by atoms with E-state index >= 15 is 0 Å². The number of hydrogen-bond donors (Lipinski definition) is 2. The van der Waals surface area contributed by atoms with Crippen LogP contribution in [0.1, 0.15) is 18.1 Å². The van der Waals surface area contributed by atoms with Gasteiger partial charge in [-0.25, -0.2) is 4.39 Å². The van der Waals surface area contributed by atoms with Crippen molar-refractivity contribution in [3.05, 3.63) is 58.6 Å². The van der Waals surface area contributed by atoms with Gasteiger partial charge in [0.25, 0.3) is 0 Å². The monoisotopic (exact) mass is 307 g/mol. The lowest BCUT2D eigenvalue weighted by Gasteiger charge is -2.19. The lowest BCUT2D eigenvalue weighted by molar-refractivity contribution is 0.506. The van der Waals surface area contributed by atoms with E-state index in [9.17, 15) is 4.39 Å². The third kappa shape index (κ3) is 4.16. The molecule has 0 aliphatic rings. The summed E-state index contributed by atoms with van der Waals surface area (Å²) < 4.78 is 13.9. The van der Waals surface area contributed by atoms with Gasteiger partial charge in [-0.05, 0) is 43.1 Å². The first-order valence-electron chi connectivity index (χ1n) is 6.96. The summed E-state index contributed by atoms with van der Waals surface area (Å²) >= 11 is 6.10. The molecule has 112 valence electrons. The summed E-state index contributed by atoms with van der Waals surface area (Å²) in [7, 11) is 0. The smallest absolute Gasteiger partial charge is 0.127 e. The molecule has 1 unspecified atom stereocenters. The number of nitrogens with one attached hydrogen (secondary N) is 1. The Morgan fingerprint density at radius 2 is 2.14 bits per heavy atom. The van der Waals surface area contributed by atoms with Crippen molar-refractivity contribution in [1.29, 1.82) is 0 Å². The number of halogens is 2. The Morgan fingerprint density at radius 3 is 2.81 bits per heavy atom. The van der Waals surface area contributed by atoms with Crippen LogP contribution in [0.2, 0.25) is 5.02 Å². The fourth-order valence-corrected chi connectivity index (χ4v) is 2.59. The van der Waals surface area contributed by atoms with Crippen LogP contribution in [0.25, 0.3) is 0 Å². The number of nitrogens with two attached hydrogens (primary N) is 1. The van der Waals surface area contributed by atoms with Gasteiger partial charge in [-0.2, -0.15) is 0 Å². The highest BCUT2D eigenvalue weighted by Gasteiger charge is 2.16. The zero-order chi connectivity index (χ0) is 15.2. The van der Waals surface area contributed by atoms with Gasteiger partial charge in [0.05, 0.1) is 0 Å². The van der Waals surface area contributed by atoms with E-state index in [2.05, 4.69) is 10.3 Å². The van der Waals surface area contributed by atoms with E-state index in [0.717, 1.165) is 12.1 Å². The molecule has 0 aliphatic carbocycles. The van der Waals surface area contributed by atoms with Gasteiger partial charge < -0.3 is 11.1 Å². The van der Waals surface area contributed by atoms with Gasteiger partial charge >= 0.3 is 0 Å². The minimum atomic E-state index is -0.274. The number of aromatic nitrogens is 1. The van der Waals surface area contributed by atoms with Crippen molar-refractivity contribution in [3.8, 4) is 0 Å². The molecule has 3 N–H and O–H groups in total. The molecule has 0 fully saturated rings. The number of nitrogens with zero attached hydrogens (tertiary/aromatic N) is 1. The standard InChI is InChI=1S/C16H19ClFN3/c1-2-21-12(8-11-10-20-7-6-16(11)19)9-13-14(17)4-3-5-15(13)18/h3-7,10,12,21H,2,8-9H2,1H3,(H2,19,20). The normalized spacial score (nSPS) is 12.3. The SMILES string of the molecule is CCNC(Cc1cnccc1N)Cc1c(F)cccc1Cl. The van der Waals surface area contributed by atoms with E-state index in [-0.39, 0.29) is 11.9 Å². The van der Waals surface area contributed by atoms with Crippen LogP contribution in [0, 0.1) is 5.82 Å². The number of anilines is 1. The molecule has 0 spiro atoms. The molecule has 0 amide bonds. The van der Waals surface area contributed by atoms with Crippen LogP contribution in [0.3, 0.4) is 0 Å².